The van der Waals surface area contributed by atoms with Crippen LogP contribution in [0, 0.1) is 46.3 Å². The first-order valence-electron chi connectivity index (χ1n) is 13.0. The summed E-state index contributed by atoms with van der Waals surface area (Å²) in [5, 5.41) is 0. The molecule has 0 aliphatic heterocycles. The molecule has 198 valence electrons. The molecule has 0 radical (unpaired) electrons. The molecule has 2 N–H and O–H groups in total. The molecule has 9 atom stereocenters. The van der Waals surface area contributed by atoms with Gasteiger partial charge in [0, 0.05) is 0 Å². The van der Waals surface area contributed by atoms with Crippen LogP contribution in [0.5, 0.6) is 0 Å². The highest BCUT2D eigenvalue weighted by Crippen LogP contribution is 2.68. The van der Waals surface area contributed by atoms with Gasteiger partial charge in [0.25, 0.3) is 0 Å². The van der Waals surface area contributed by atoms with Crippen LogP contribution in [0.3, 0.4) is 0 Å². The second-order valence-electron chi connectivity index (χ2n) is 12.2. The van der Waals surface area contributed by atoms with Gasteiger partial charge in [-0.15, -0.1) is 0 Å². The summed E-state index contributed by atoms with van der Waals surface area (Å²) < 4.78 is 71.4. The highest BCUT2D eigenvalue weighted by atomic mass is 32.3. The van der Waals surface area contributed by atoms with E-state index in [1.165, 1.54) is 32.1 Å². The Morgan fingerprint density at radius 2 is 1.56 bits per heavy atom. The smallest absolute Gasteiger partial charge is 0.264 e. The van der Waals surface area contributed by atoms with Crippen LogP contribution >= 0.6 is 0 Å². The SMILES string of the molecule is C[C@H](CCCOS(=O)(=O)O)[C@H]1CC[C@H]2[C@@H]3CC[C@H]4C[C@H](OS(=O)(=O)O)CC[C@]4(C)[C@H]3CC[C@]12C. The Morgan fingerprint density at radius 1 is 0.882 bits per heavy atom. The van der Waals surface area contributed by atoms with Gasteiger partial charge in [-0.25, -0.2) is 8.37 Å². The number of rotatable bonds is 8. The van der Waals surface area contributed by atoms with Gasteiger partial charge in [-0.2, -0.15) is 16.8 Å². The van der Waals surface area contributed by atoms with Gasteiger partial charge >= 0.3 is 20.8 Å². The predicted molar refractivity (Wildman–Crippen MR) is 128 cm³/mol. The zero-order valence-electron chi connectivity index (χ0n) is 20.7. The maximum Gasteiger partial charge on any atom is 0.397 e. The summed E-state index contributed by atoms with van der Waals surface area (Å²) in [5.74, 6) is 3.62. The molecule has 0 spiro atoms. The molecule has 0 unspecified atom stereocenters. The fourth-order valence-electron chi connectivity index (χ4n) is 9.22. The van der Waals surface area contributed by atoms with Crippen LogP contribution in [-0.4, -0.2) is 38.7 Å². The van der Waals surface area contributed by atoms with Crippen molar-refractivity contribution in [3.05, 3.63) is 0 Å². The van der Waals surface area contributed by atoms with Gasteiger partial charge in [-0.05, 0) is 117 Å². The monoisotopic (exact) mass is 522 g/mol. The lowest BCUT2D eigenvalue weighted by Gasteiger charge is -2.61. The summed E-state index contributed by atoms with van der Waals surface area (Å²) in [5.41, 5.74) is 0.513. The summed E-state index contributed by atoms with van der Waals surface area (Å²) in [4.78, 5) is 0. The van der Waals surface area contributed by atoms with Crippen molar-refractivity contribution in [3.63, 3.8) is 0 Å². The van der Waals surface area contributed by atoms with Gasteiger partial charge in [0.2, 0.25) is 0 Å². The molecule has 0 aromatic carbocycles. The lowest BCUT2D eigenvalue weighted by Crippen LogP contribution is -2.54. The third-order valence-corrected chi connectivity index (χ3v) is 11.7. The van der Waals surface area contributed by atoms with E-state index < -0.39 is 26.9 Å². The Morgan fingerprint density at radius 3 is 2.24 bits per heavy atom. The van der Waals surface area contributed by atoms with Crippen molar-refractivity contribution in [1.82, 2.24) is 0 Å². The number of fused-ring (bicyclic) bond motifs is 5. The van der Waals surface area contributed by atoms with Crippen LogP contribution in [0.4, 0.5) is 0 Å². The van der Waals surface area contributed by atoms with Crippen molar-refractivity contribution in [2.45, 2.75) is 97.5 Å². The van der Waals surface area contributed by atoms with Crippen molar-refractivity contribution >= 4 is 20.8 Å². The van der Waals surface area contributed by atoms with Gasteiger partial charge in [0.1, 0.15) is 0 Å². The average Bonchev–Trinajstić information content (AvgIpc) is 3.07. The van der Waals surface area contributed by atoms with E-state index in [0.29, 0.717) is 60.2 Å². The minimum atomic E-state index is -4.40. The van der Waals surface area contributed by atoms with E-state index in [1.807, 2.05) is 0 Å². The second kappa shape index (κ2) is 9.56. The van der Waals surface area contributed by atoms with Crippen molar-refractivity contribution in [2.24, 2.45) is 46.3 Å². The van der Waals surface area contributed by atoms with Crippen LogP contribution < -0.4 is 0 Å². The van der Waals surface area contributed by atoms with E-state index in [-0.39, 0.29) is 12.0 Å². The zero-order valence-corrected chi connectivity index (χ0v) is 22.3. The lowest BCUT2D eigenvalue weighted by atomic mass is 9.44. The molecule has 4 aliphatic rings. The minimum absolute atomic E-state index is 0.0305. The first-order valence-corrected chi connectivity index (χ1v) is 15.7. The van der Waals surface area contributed by atoms with Gasteiger partial charge in [0.15, 0.2) is 0 Å². The van der Waals surface area contributed by atoms with E-state index in [0.717, 1.165) is 19.3 Å². The zero-order chi connectivity index (χ0) is 24.9. The molecule has 0 bridgehead atoms. The average molecular weight is 523 g/mol. The fraction of sp³-hybridized carbons (Fsp3) is 1.00. The summed E-state index contributed by atoms with van der Waals surface area (Å²) in [6.07, 6.45) is 10.6. The number of hydrogen-bond donors (Lipinski definition) is 2. The molecule has 0 heterocycles. The van der Waals surface area contributed by atoms with Gasteiger partial charge in [-0.1, -0.05) is 20.8 Å². The Bertz CT molecular complexity index is 950. The summed E-state index contributed by atoms with van der Waals surface area (Å²) in [6, 6.07) is 0. The molecule has 4 saturated carbocycles. The third kappa shape index (κ3) is 5.37. The Hall–Kier alpha value is -0.260. The molecule has 4 rings (SSSR count). The van der Waals surface area contributed by atoms with Crippen LogP contribution in [0.1, 0.15) is 91.4 Å². The fourth-order valence-corrected chi connectivity index (χ4v) is 10.1. The molecule has 34 heavy (non-hydrogen) atoms. The minimum Gasteiger partial charge on any atom is -0.264 e. The largest absolute Gasteiger partial charge is 0.397 e. The maximum atomic E-state index is 11.2. The van der Waals surface area contributed by atoms with Crippen LogP contribution in [0.25, 0.3) is 0 Å². The van der Waals surface area contributed by atoms with E-state index in [4.69, 9.17) is 13.3 Å². The van der Waals surface area contributed by atoms with Crippen molar-refractivity contribution in [2.75, 3.05) is 6.61 Å². The van der Waals surface area contributed by atoms with Crippen LogP contribution in [0.2, 0.25) is 0 Å². The Balaban J connectivity index is 1.40. The molecule has 4 aliphatic carbocycles. The van der Waals surface area contributed by atoms with Gasteiger partial charge in [-0.3, -0.25) is 9.11 Å². The molecule has 0 aromatic heterocycles. The van der Waals surface area contributed by atoms with Crippen molar-refractivity contribution in [1.29, 1.82) is 0 Å². The molecule has 4 fully saturated rings. The summed E-state index contributed by atoms with van der Waals surface area (Å²) in [7, 11) is -8.77. The predicted octanol–water partition coefficient (Wildman–Crippen LogP) is 5.07. The van der Waals surface area contributed by atoms with E-state index in [2.05, 4.69) is 25.0 Å². The lowest BCUT2D eigenvalue weighted by molar-refractivity contribution is -0.127. The number of hydrogen-bond acceptors (Lipinski definition) is 6. The molecule has 0 aromatic rings. The van der Waals surface area contributed by atoms with Gasteiger partial charge in [0.05, 0.1) is 12.7 Å². The standard InChI is InChI=1S/C24H42O8S2/c1-16(5-4-14-31-33(25,26)27)20-8-9-21-19-7-6-17-15-18(32-34(28,29)30)10-12-23(17,2)22(19)11-13-24(20,21)3/h16-22H,4-15H2,1-3H3,(H,25,26,27)(H,28,29,30)/t16-,17+,18-,19+,20-,21+,22+,23+,24-/m1/s1. The maximum absolute atomic E-state index is 11.2. The van der Waals surface area contributed by atoms with Crippen molar-refractivity contribution < 1.29 is 34.3 Å². The highest BCUT2D eigenvalue weighted by Gasteiger charge is 2.60. The first kappa shape index (κ1) is 26.8. The second-order valence-corrected chi connectivity index (χ2v) is 14.3. The molecule has 0 amide bonds. The first-order chi connectivity index (χ1) is 15.7. The molecular weight excluding hydrogens is 480 g/mol. The third-order valence-electron chi connectivity index (χ3n) is 10.7. The summed E-state index contributed by atoms with van der Waals surface area (Å²) in [6.45, 7) is 7.22. The molecule has 10 heteroatoms. The normalized spacial score (nSPS) is 43.6. The van der Waals surface area contributed by atoms with Gasteiger partial charge < -0.3 is 0 Å². The quantitative estimate of drug-likeness (QED) is 0.334. The Labute approximate surface area is 205 Å². The molecular formula is C24H42O8S2. The Kier molecular flexibility index (Phi) is 7.53. The van der Waals surface area contributed by atoms with E-state index in [1.54, 1.807) is 0 Å². The molecule has 8 nitrogen and oxygen atoms in total. The van der Waals surface area contributed by atoms with Crippen molar-refractivity contribution in [3.8, 4) is 0 Å². The van der Waals surface area contributed by atoms with Crippen LogP contribution in [-0.2, 0) is 29.2 Å². The van der Waals surface area contributed by atoms with E-state index >= 15 is 0 Å². The topological polar surface area (TPSA) is 127 Å². The van der Waals surface area contributed by atoms with Crippen LogP contribution in [0.15, 0.2) is 0 Å². The molecule has 0 saturated heterocycles. The van der Waals surface area contributed by atoms with E-state index in [9.17, 15) is 16.8 Å². The summed E-state index contributed by atoms with van der Waals surface area (Å²) >= 11 is 0. The highest BCUT2D eigenvalue weighted by molar-refractivity contribution is 7.81.